The number of ether oxygens (including phenoxy) is 2. The lowest BCUT2D eigenvalue weighted by atomic mass is 9.87. The van der Waals surface area contributed by atoms with Crippen LogP contribution in [0.4, 0.5) is 0 Å². The Morgan fingerprint density at radius 3 is 2.62 bits per heavy atom. The van der Waals surface area contributed by atoms with Crippen LogP contribution in [0.5, 0.6) is 11.5 Å². The molecule has 2 aromatic carbocycles. The van der Waals surface area contributed by atoms with E-state index >= 15 is 0 Å². The highest BCUT2D eigenvalue weighted by atomic mass is 35.5. The molecule has 0 saturated carbocycles. The Balaban J connectivity index is 1.63. The first-order chi connectivity index (χ1) is 16.5. The fourth-order valence-corrected chi connectivity index (χ4v) is 4.49. The van der Waals surface area contributed by atoms with Crippen LogP contribution >= 0.6 is 11.6 Å². The molecule has 1 aliphatic rings. The van der Waals surface area contributed by atoms with Gasteiger partial charge in [0.15, 0.2) is 0 Å². The summed E-state index contributed by atoms with van der Waals surface area (Å²) >= 11 is 6.10. The lowest BCUT2D eigenvalue weighted by Gasteiger charge is -2.21. The quantitative estimate of drug-likeness (QED) is 0.555. The maximum atomic E-state index is 13.3. The summed E-state index contributed by atoms with van der Waals surface area (Å²) in [6, 6.07) is 17.9. The van der Waals surface area contributed by atoms with Gasteiger partial charge in [-0.1, -0.05) is 23.7 Å². The minimum Gasteiger partial charge on any atom is -0.497 e. The van der Waals surface area contributed by atoms with E-state index in [2.05, 4.69) is 10.3 Å². The van der Waals surface area contributed by atoms with Crippen molar-refractivity contribution in [2.75, 3.05) is 27.3 Å². The number of amides is 2. The molecule has 7 nitrogen and oxygen atoms in total. The molecule has 3 aromatic rings. The Labute approximate surface area is 203 Å². The Hall–Kier alpha value is -3.58. The molecule has 2 heterocycles. The summed E-state index contributed by atoms with van der Waals surface area (Å²) in [4.78, 5) is 32.6. The number of nitrogens with zero attached hydrogens (tertiary/aromatic N) is 2. The molecule has 1 saturated heterocycles. The second-order valence-corrected chi connectivity index (χ2v) is 8.52. The second kappa shape index (κ2) is 10.6. The van der Waals surface area contributed by atoms with Crippen molar-refractivity contribution in [1.82, 2.24) is 15.2 Å². The minimum absolute atomic E-state index is 0.151. The largest absolute Gasteiger partial charge is 0.497 e. The molecule has 0 bridgehead atoms. The molecule has 0 unspecified atom stereocenters. The van der Waals surface area contributed by atoms with Gasteiger partial charge in [0.1, 0.15) is 11.5 Å². The number of carbonyl (C=O) groups excluding carboxylic acids is 2. The number of benzene rings is 2. The number of rotatable bonds is 7. The summed E-state index contributed by atoms with van der Waals surface area (Å²) < 4.78 is 11.0. The lowest BCUT2D eigenvalue weighted by Crippen LogP contribution is -2.35. The molecule has 1 fully saturated rings. The molecule has 1 N–H and O–H groups in total. The number of pyridine rings is 1. The van der Waals surface area contributed by atoms with Crippen LogP contribution in [0.15, 0.2) is 66.9 Å². The zero-order chi connectivity index (χ0) is 24.1. The van der Waals surface area contributed by atoms with Crippen molar-refractivity contribution in [2.45, 2.75) is 12.5 Å². The van der Waals surface area contributed by atoms with Crippen molar-refractivity contribution in [1.29, 1.82) is 0 Å². The summed E-state index contributed by atoms with van der Waals surface area (Å²) in [6.45, 7) is 0.932. The normalized spacial score (nSPS) is 17.3. The van der Waals surface area contributed by atoms with E-state index in [1.807, 2.05) is 36.4 Å². The number of aromatic nitrogens is 1. The molecule has 34 heavy (non-hydrogen) atoms. The highest BCUT2D eigenvalue weighted by Crippen LogP contribution is 2.40. The third-order valence-corrected chi connectivity index (χ3v) is 6.26. The standard InChI is InChI=1S/C26H26ClN3O4/c1-33-20-9-10-24(34-2)21(13-20)22-15-30(26(32)17-6-5-7-18(27)12-17)16-23(22)25(31)29-14-19-8-3-4-11-28-19/h3-13,22-23H,14-16H2,1-2H3,(H,29,31)/t22-,23-/m1/s1. The Morgan fingerprint density at radius 2 is 1.91 bits per heavy atom. The first-order valence-corrected chi connectivity index (χ1v) is 11.3. The number of carbonyl (C=O) groups is 2. The molecule has 176 valence electrons. The molecule has 4 rings (SSSR count). The fraction of sp³-hybridized carbons (Fsp3) is 0.269. The fourth-order valence-electron chi connectivity index (χ4n) is 4.30. The third kappa shape index (κ3) is 5.15. The zero-order valence-electron chi connectivity index (χ0n) is 19.0. The minimum atomic E-state index is -0.479. The first kappa shape index (κ1) is 23.6. The molecule has 0 radical (unpaired) electrons. The van der Waals surface area contributed by atoms with Crippen molar-refractivity contribution in [3.05, 3.63) is 88.7 Å². The van der Waals surface area contributed by atoms with Crippen LogP contribution in [-0.4, -0.2) is 49.0 Å². The molecular formula is C26H26ClN3O4. The van der Waals surface area contributed by atoms with Crippen LogP contribution < -0.4 is 14.8 Å². The van der Waals surface area contributed by atoms with E-state index < -0.39 is 5.92 Å². The Bertz CT molecular complexity index is 1170. The van der Waals surface area contributed by atoms with Crippen LogP contribution in [0.25, 0.3) is 0 Å². The van der Waals surface area contributed by atoms with Gasteiger partial charge >= 0.3 is 0 Å². The molecule has 1 aromatic heterocycles. The summed E-state index contributed by atoms with van der Waals surface area (Å²) in [7, 11) is 3.18. The van der Waals surface area contributed by atoms with Crippen molar-refractivity contribution in [3.8, 4) is 11.5 Å². The first-order valence-electron chi connectivity index (χ1n) is 10.9. The lowest BCUT2D eigenvalue weighted by molar-refractivity contribution is -0.125. The number of methoxy groups -OCH3 is 2. The zero-order valence-corrected chi connectivity index (χ0v) is 19.8. The topological polar surface area (TPSA) is 80.8 Å². The average Bonchev–Trinajstić information content (AvgIpc) is 3.32. The average molecular weight is 480 g/mol. The second-order valence-electron chi connectivity index (χ2n) is 8.08. The maximum Gasteiger partial charge on any atom is 0.253 e. The van der Waals surface area contributed by atoms with E-state index in [9.17, 15) is 9.59 Å². The Kier molecular flexibility index (Phi) is 7.33. The van der Waals surface area contributed by atoms with Gasteiger partial charge in [-0.05, 0) is 48.5 Å². The SMILES string of the molecule is COc1ccc(OC)c([C@H]2CN(C(=O)c3cccc(Cl)c3)C[C@H]2C(=O)NCc2ccccn2)c1. The summed E-state index contributed by atoms with van der Waals surface area (Å²) in [5.74, 6) is 0.217. The number of halogens is 1. The van der Waals surface area contributed by atoms with Crippen molar-refractivity contribution < 1.29 is 19.1 Å². The van der Waals surface area contributed by atoms with Gasteiger partial charge in [-0.25, -0.2) is 0 Å². The molecule has 2 amide bonds. The number of hydrogen-bond acceptors (Lipinski definition) is 5. The van der Waals surface area contributed by atoms with Gasteiger partial charge in [0.05, 0.1) is 32.4 Å². The highest BCUT2D eigenvalue weighted by molar-refractivity contribution is 6.30. The number of likely N-dealkylation sites (tertiary alicyclic amines) is 1. The molecular weight excluding hydrogens is 454 g/mol. The summed E-state index contributed by atoms with van der Waals surface area (Å²) in [5.41, 5.74) is 2.07. The smallest absolute Gasteiger partial charge is 0.253 e. The predicted molar refractivity (Wildman–Crippen MR) is 129 cm³/mol. The molecule has 2 atom stereocenters. The number of hydrogen-bond donors (Lipinski definition) is 1. The van der Waals surface area contributed by atoms with Gasteiger partial charge < -0.3 is 19.7 Å². The van der Waals surface area contributed by atoms with Gasteiger partial charge in [-0.2, -0.15) is 0 Å². The van der Waals surface area contributed by atoms with Crippen molar-refractivity contribution in [3.63, 3.8) is 0 Å². The van der Waals surface area contributed by atoms with Crippen molar-refractivity contribution in [2.24, 2.45) is 5.92 Å². The van der Waals surface area contributed by atoms with Gasteiger partial charge in [-0.15, -0.1) is 0 Å². The predicted octanol–water partition coefficient (Wildman–Crippen LogP) is 3.92. The highest BCUT2D eigenvalue weighted by Gasteiger charge is 2.42. The molecule has 0 spiro atoms. The van der Waals surface area contributed by atoms with Crippen LogP contribution in [0.2, 0.25) is 5.02 Å². The van der Waals surface area contributed by atoms with Gasteiger partial charge in [0, 0.05) is 41.4 Å². The summed E-state index contributed by atoms with van der Waals surface area (Å²) in [5, 5.41) is 3.47. The van der Waals surface area contributed by atoms with E-state index in [1.54, 1.807) is 49.6 Å². The third-order valence-electron chi connectivity index (χ3n) is 6.02. The van der Waals surface area contributed by atoms with Crippen LogP contribution in [-0.2, 0) is 11.3 Å². The van der Waals surface area contributed by atoms with Gasteiger partial charge in [0.25, 0.3) is 5.91 Å². The van der Waals surface area contributed by atoms with Crippen LogP contribution in [0, 0.1) is 5.92 Å². The van der Waals surface area contributed by atoms with Crippen LogP contribution in [0.1, 0.15) is 27.5 Å². The van der Waals surface area contributed by atoms with Gasteiger partial charge in [-0.3, -0.25) is 14.6 Å². The van der Waals surface area contributed by atoms with E-state index in [4.69, 9.17) is 21.1 Å². The van der Waals surface area contributed by atoms with Crippen LogP contribution in [0.3, 0.4) is 0 Å². The van der Waals surface area contributed by atoms with E-state index in [1.165, 1.54) is 0 Å². The van der Waals surface area contributed by atoms with Crippen molar-refractivity contribution >= 4 is 23.4 Å². The molecule has 0 aliphatic carbocycles. The van der Waals surface area contributed by atoms with E-state index in [0.717, 1.165) is 11.3 Å². The molecule has 8 heteroatoms. The molecule has 1 aliphatic heterocycles. The monoisotopic (exact) mass is 479 g/mol. The van der Waals surface area contributed by atoms with Gasteiger partial charge in [0.2, 0.25) is 5.91 Å². The number of nitrogens with one attached hydrogen (secondary N) is 1. The summed E-state index contributed by atoms with van der Waals surface area (Å²) in [6.07, 6.45) is 1.69. The maximum absolute atomic E-state index is 13.3. The van der Waals surface area contributed by atoms with E-state index in [0.29, 0.717) is 35.2 Å². The Morgan fingerprint density at radius 1 is 1.06 bits per heavy atom. The van der Waals surface area contributed by atoms with E-state index in [-0.39, 0.29) is 24.3 Å².